The number of hydrogen-bond donors (Lipinski definition) is 3. The summed E-state index contributed by atoms with van der Waals surface area (Å²) in [6, 6.07) is 38.3. The summed E-state index contributed by atoms with van der Waals surface area (Å²) in [7, 11) is 0. The highest BCUT2D eigenvalue weighted by atomic mass is 16.6. The minimum atomic E-state index is -1.19. The Labute approximate surface area is 276 Å². The number of ether oxygens (including phenoxy) is 4. The molecule has 2 amide bonds. The van der Waals surface area contributed by atoms with Gasteiger partial charge in [0.15, 0.2) is 6.10 Å². The van der Waals surface area contributed by atoms with Crippen molar-refractivity contribution in [2.45, 2.75) is 57.8 Å². The van der Waals surface area contributed by atoms with Gasteiger partial charge in [0.1, 0.15) is 18.3 Å². The number of rotatable bonds is 20. The van der Waals surface area contributed by atoms with Crippen LogP contribution in [0.15, 0.2) is 121 Å². The average Bonchev–Trinajstić information content (AvgIpc) is 3.10. The predicted molar refractivity (Wildman–Crippen MR) is 179 cm³/mol. The first-order valence-electron chi connectivity index (χ1n) is 15.8. The van der Waals surface area contributed by atoms with E-state index in [1.165, 1.54) is 6.92 Å². The summed E-state index contributed by atoms with van der Waals surface area (Å²) in [5.41, 5.74) is 3.58. The Hall–Kier alpha value is -4.38. The molecule has 0 fully saturated rings. The zero-order chi connectivity index (χ0) is 33.1. The Morgan fingerprint density at radius 2 is 0.979 bits per heavy atom. The third kappa shape index (κ3) is 12.7. The molecule has 0 aliphatic heterocycles. The first-order valence-corrected chi connectivity index (χ1v) is 15.8. The molecule has 4 aromatic rings. The fourth-order valence-electron chi connectivity index (χ4n) is 4.88. The molecular weight excluding hydrogens is 596 g/mol. The molecule has 0 spiro atoms. The van der Waals surface area contributed by atoms with Crippen molar-refractivity contribution in [1.29, 1.82) is 0 Å². The number of hydrogen-bond acceptors (Lipinski definition) is 7. The molecule has 0 aliphatic rings. The maximum Gasteiger partial charge on any atom is 0.252 e. The van der Waals surface area contributed by atoms with Gasteiger partial charge < -0.3 is 34.7 Å². The number of amides is 2. The molecule has 3 N–H and O–H groups in total. The van der Waals surface area contributed by atoms with E-state index in [2.05, 4.69) is 10.6 Å². The lowest BCUT2D eigenvalue weighted by molar-refractivity contribution is -0.191. The molecule has 4 atom stereocenters. The van der Waals surface area contributed by atoms with Crippen molar-refractivity contribution >= 4 is 11.8 Å². The van der Waals surface area contributed by atoms with E-state index in [0.29, 0.717) is 0 Å². The van der Waals surface area contributed by atoms with Crippen LogP contribution in [0, 0.1) is 0 Å². The van der Waals surface area contributed by atoms with E-state index in [-0.39, 0.29) is 52.0 Å². The minimum Gasteiger partial charge on any atom is -0.388 e. The van der Waals surface area contributed by atoms with E-state index in [1.807, 2.05) is 121 Å². The Bertz CT molecular complexity index is 1440. The average molecular weight is 641 g/mol. The lowest BCUT2D eigenvalue weighted by atomic mass is 10.0. The maximum absolute atomic E-state index is 13.9. The van der Waals surface area contributed by atoms with E-state index >= 15 is 0 Å². The molecule has 0 saturated heterocycles. The van der Waals surface area contributed by atoms with Gasteiger partial charge in [-0.15, -0.1) is 0 Å². The van der Waals surface area contributed by atoms with Gasteiger partial charge >= 0.3 is 0 Å². The van der Waals surface area contributed by atoms with Crippen LogP contribution in [0.3, 0.4) is 0 Å². The lowest BCUT2D eigenvalue weighted by Gasteiger charge is -2.35. The van der Waals surface area contributed by atoms with Gasteiger partial charge in [-0.25, -0.2) is 0 Å². The Kier molecular flexibility index (Phi) is 15.1. The highest BCUT2D eigenvalue weighted by molar-refractivity contribution is 5.81. The molecule has 0 saturated carbocycles. The van der Waals surface area contributed by atoms with Gasteiger partial charge in [0, 0.05) is 20.0 Å². The zero-order valence-electron chi connectivity index (χ0n) is 26.7. The van der Waals surface area contributed by atoms with Gasteiger partial charge in [0.25, 0.3) is 5.91 Å². The van der Waals surface area contributed by atoms with Gasteiger partial charge in [0.2, 0.25) is 5.91 Å². The molecule has 0 aliphatic carbocycles. The van der Waals surface area contributed by atoms with Crippen LogP contribution >= 0.6 is 0 Å². The van der Waals surface area contributed by atoms with Crippen LogP contribution in [0.2, 0.25) is 0 Å². The normalized spacial score (nSPS) is 13.7. The molecule has 0 heterocycles. The molecule has 9 nitrogen and oxygen atoms in total. The summed E-state index contributed by atoms with van der Waals surface area (Å²) < 4.78 is 25.1. The minimum absolute atomic E-state index is 0.0743. The van der Waals surface area contributed by atoms with Crippen molar-refractivity contribution in [3.05, 3.63) is 144 Å². The van der Waals surface area contributed by atoms with Crippen molar-refractivity contribution in [2.24, 2.45) is 0 Å². The van der Waals surface area contributed by atoms with Crippen LogP contribution in [-0.2, 0) is 55.0 Å². The highest BCUT2D eigenvalue weighted by Crippen LogP contribution is 2.22. The number of aliphatic hydroxyl groups excluding tert-OH is 1. The fraction of sp³-hybridized carbons (Fsp3) is 0.316. The van der Waals surface area contributed by atoms with Crippen LogP contribution in [0.25, 0.3) is 0 Å². The summed E-state index contributed by atoms with van der Waals surface area (Å²) in [6.07, 6.45) is -4.46. The summed E-state index contributed by atoms with van der Waals surface area (Å²) in [6.45, 7) is 2.45. The fourth-order valence-corrected chi connectivity index (χ4v) is 4.88. The molecule has 47 heavy (non-hydrogen) atoms. The molecule has 248 valence electrons. The number of carbonyl (C=O) groups excluding carboxylic acids is 2. The third-order valence-electron chi connectivity index (χ3n) is 7.30. The second kappa shape index (κ2) is 20.0. The molecule has 4 rings (SSSR count). The van der Waals surface area contributed by atoms with Crippen LogP contribution in [-0.4, -0.2) is 61.0 Å². The van der Waals surface area contributed by atoms with Crippen molar-refractivity contribution in [3.8, 4) is 0 Å². The number of aliphatic hydroxyl groups is 1. The number of carbonyl (C=O) groups is 2. The van der Waals surface area contributed by atoms with E-state index in [4.69, 9.17) is 18.9 Å². The van der Waals surface area contributed by atoms with Crippen LogP contribution in [0.4, 0.5) is 0 Å². The maximum atomic E-state index is 13.9. The Morgan fingerprint density at radius 3 is 1.45 bits per heavy atom. The molecule has 0 radical (unpaired) electrons. The largest absolute Gasteiger partial charge is 0.388 e. The Morgan fingerprint density at radius 1 is 0.574 bits per heavy atom. The summed E-state index contributed by atoms with van der Waals surface area (Å²) in [5.74, 6) is -0.664. The van der Waals surface area contributed by atoms with Gasteiger partial charge in [-0.3, -0.25) is 9.59 Å². The number of nitrogens with one attached hydrogen (secondary N) is 2. The first kappa shape index (κ1) is 35.5. The van der Waals surface area contributed by atoms with Gasteiger partial charge in [-0.2, -0.15) is 0 Å². The van der Waals surface area contributed by atoms with E-state index in [9.17, 15) is 14.7 Å². The van der Waals surface area contributed by atoms with Crippen molar-refractivity contribution in [3.63, 3.8) is 0 Å². The van der Waals surface area contributed by atoms with Crippen LogP contribution < -0.4 is 10.6 Å². The van der Waals surface area contributed by atoms with Crippen molar-refractivity contribution in [1.82, 2.24) is 10.6 Å². The van der Waals surface area contributed by atoms with Gasteiger partial charge in [0.05, 0.1) is 33.0 Å². The number of benzene rings is 4. The molecule has 0 aromatic heterocycles. The quantitative estimate of drug-likeness (QED) is 0.121. The second-order valence-electron chi connectivity index (χ2n) is 11.1. The monoisotopic (exact) mass is 640 g/mol. The van der Waals surface area contributed by atoms with Crippen molar-refractivity contribution < 1.29 is 33.6 Å². The first-order chi connectivity index (χ1) is 23.0. The summed E-state index contributed by atoms with van der Waals surface area (Å²) in [4.78, 5) is 25.3. The van der Waals surface area contributed by atoms with Gasteiger partial charge in [-0.05, 0) is 22.3 Å². The topological polar surface area (TPSA) is 115 Å². The second-order valence-corrected chi connectivity index (χ2v) is 11.1. The van der Waals surface area contributed by atoms with E-state index in [0.717, 1.165) is 22.3 Å². The lowest BCUT2D eigenvalue weighted by Crippen LogP contribution is -2.55. The standard InChI is InChI=1S/C38H44N2O7/c1-29(41)39-22-23-40-38(43)37(47-27-33-20-12-5-13-21-33)36(46-26-32-18-10-4-11-19-32)35(45-25-31-16-8-3-9-17-31)34(42)28-44-24-30-14-6-2-7-15-30/h2-21,34-37,42H,22-28H2,1H3,(H,39,41)(H,40,43)/t34-,35-,36+,37-/m1/s1. The summed E-state index contributed by atoms with van der Waals surface area (Å²) >= 11 is 0. The molecule has 4 aromatic carbocycles. The highest BCUT2D eigenvalue weighted by Gasteiger charge is 2.41. The summed E-state index contributed by atoms with van der Waals surface area (Å²) in [5, 5.41) is 17.2. The molecule has 9 heteroatoms. The van der Waals surface area contributed by atoms with Crippen LogP contribution in [0.5, 0.6) is 0 Å². The van der Waals surface area contributed by atoms with Crippen LogP contribution in [0.1, 0.15) is 29.2 Å². The molecule has 0 bridgehead atoms. The van der Waals surface area contributed by atoms with Gasteiger partial charge in [-0.1, -0.05) is 121 Å². The smallest absolute Gasteiger partial charge is 0.252 e. The van der Waals surface area contributed by atoms with Crippen molar-refractivity contribution in [2.75, 3.05) is 19.7 Å². The molecule has 0 unspecified atom stereocenters. The zero-order valence-corrected chi connectivity index (χ0v) is 26.7. The SMILES string of the molecule is CC(=O)NCCNC(=O)[C@H](OCc1ccccc1)[C@@H](OCc1ccccc1)[C@H](OCc1ccccc1)[C@H](O)COCc1ccccc1. The third-order valence-corrected chi connectivity index (χ3v) is 7.30. The van der Waals surface area contributed by atoms with E-state index < -0.39 is 30.3 Å². The molecular formula is C38H44N2O7. The Balaban J connectivity index is 1.62. The predicted octanol–water partition coefficient (Wildman–Crippen LogP) is 4.57. The van der Waals surface area contributed by atoms with E-state index in [1.54, 1.807) is 0 Å².